The van der Waals surface area contributed by atoms with Crippen molar-refractivity contribution < 1.29 is 10.2 Å². The fraction of sp³-hybridized carbons (Fsp3) is 0. The molecule has 0 radical (unpaired) electrons. The third-order valence-electron chi connectivity index (χ3n) is 2.51. The highest BCUT2D eigenvalue weighted by Crippen LogP contribution is 2.23. The summed E-state index contributed by atoms with van der Waals surface area (Å²) in [6.07, 6.45) is 5.33. The van der Waals surface area contributed by atoms with Gasteiger partial charge >= 0.3 is 0 Å². The summed E-state index contributed by atoms with van der Waals surface area (Å²) < 4.78 is 0. The van der Waals surface area contributed by atoms with Gasteiger partial charge in [0.05, 0.1) is 0 Å². The second kappa shape index (κ2) is 3.24. The first kappa shape index (κ1) is 9.98. The summed E-state index contributed by atoms with van der Waals surface area (Å²) in [7, 11) is 0. The third-order valence-corrected chi connectivity index (χ3v) is 2.51. The Morgan fingerprint density at radius 2 is 1.93 bits per heavy atom. The van der Waals surface area contributed by atoms with E-state index < -0.39 is 0 Å². The van der Waals surface area contributed by atoms with Crippen molar-refractivity contribution in [2.24, 2.45) is 4.99 Å². The van der Waals surface area contributed by atoms with Crippen molar-refractivity contribution in [2.75, 3.05) is 0 Å². The number of phenolic OH excluding ortho intramolecular Hbond substituents is 2. The highest BCUT2D eigenvalue weighted by atomic mass is 79.9. The van der Waals surface area contributed by atoms with E-state index in [-0.39, 0.29) is 28.5 Å². The molecule has 1 aliphatic carbocycles. The smallest absolute Gasteiger partial charge is 0.165 e. The van der Waals surface area contributed by atoms with Crippen molar-refractivity contribution in [3.63, 3.8) is 0 Å². The van der Waals surface area contributed by atoms with Gasteiger partial charge in [0.15, 0.2) is 11.5 Å². The predicted molar refractivity (Wildman–Crippen MR) is 63.8 cm³/mol. The second-order valence-corrected chi connectivity index (χ2v) is 3.32. The topological polar surface area (TPSA) is 52.8 Å². The molecule has 2 aliphatic rings. The molecule has 0 saturated carbocycles. The van der Waals surface area contributed by atoms with Gasteiger partial charge in [0.2, 0.25) is 0 Å². The van der Waals surface area contributed by atoms with Crippen LogP contribution in [0.25, 0.3) is 11.6 Å². The fourth-order valence-corrected chi connectivity index (χ4v) is 1.81. The Hall–Kier alpha value is -1.55. The number of benzene rings is 1. The molecular formula is C11H8BrNO2. The van der Waals surface area contributed by atoms with Gasteiger partial charge in [-0.1, -0.05) is 0 Å². The SMILES string of the molecule is Br.Oc1ccc2c(c1O)=CC1=CN=CC=21. The third kappa shape index (κ3) is 1.22. The number of allylic oxidation sites excluding steroid dienone is 1. The van der Waals surface area contributed by atoms with Crippen molar-refractivity contribution in [2.45, 2.75) is 0 Å². The van der Waals surface area contributed by atoms with Gasteiger partial charge < -0.3 is 10.2 Å². The van der Waals surface area contributed by atoms with Gasteiger partial charge in [0.1, 0.15) is 0 Å². The standard InChI is InChI=1S/C11H7NO2.BrH/c13-10-2-1-7-8(11(10)14)3-6-4-12-5-9(6)7;/h1-5,13-14H;1H. The van der Waals surface area contributed by atoms with E-state index in [2.05, 4.69) is 4.99 Å². The zero-order valence-electron chi connectivity index (χ0n) is 7.64. The van der Waals surface area contributed by atoms with Crippen molar-refractivity contribution in [1.82, 2.24) is 0 Å². The van der Waals surface area contributed by atoms with Crippen molar-refractivity contribution in [3.05, 3.63) is 34.3 Å². The zero-order chi connectivity index (χ0) is 9.71. The maximum absolute atomic E-state index is 9.61. The normalized spacial score (nSPS) is 15.2. The lowest BCUT2D eigenvalue weighted by atomic mass is 10.1. The molecule has 0 spiro atoms. The van der Waals surface area contributed by atoms with Crippen LogP contribution >= 0.6 is 17.0 Å². The molecule has 3 nitrogen and oxygen atoms in total. The number of phenols is 2. The quantitative estimate of drug-likeness (QED) is 0.675. The van der Waals surface area contributed by atoms with E-state index in [0.29, 0.717) is 5.22 Å². The van der Waals surface area contributed by atoms with E-state index in [1.54, 1.807) is 18.5 Å². The van der Waals surface area contributed by atoms with E-state index in [9.17, 15) is 10.2 Å². The van der Waals surface area contributed by atoms with E-state index in [1.807, 2.05) is 6.08 Å². The Morgan fingerprint density at radius 1 is 1.13 bits per heavy atom. The minimum Gasteiger partial charge on any atom is -0.504 e. The van der Waals surface area contributed by atoms with Gasteiger partial charge in [0, 0.05) is 28.8 Å². The molecule has 1 aromatic carbocycles. The highest BCUT2D eigenvalue weighted by molar-refractivity contribution is 8.93. The fourth-order valence-electron chi connectivity index (χ4n) is 1.81. The van der Waals surface area contributed by atoms with Crippen molar-refractivity contribution >= 4 is 34.8 Å². The lowest BCUT2D eigenvalue weighted by Gasteiger charge is -1.96. The molecule has 0 aromatic heterocycles. The minimum absolute atomic E-state index is 0. The Bertz CT molecular complexity index is 614. The first-order valence-electron chi connectivity index (χ1n) is 4.28. The highest BCUT2D eigenvalue weighted by Gasteiger charge is 2.15. The van der Waals surface area contributed by atoms with Crippen LogP contribution in [0, 0.1) is 0 Å². The molecule has 1 aliphatic heterocycles. The Morgan fingerprint density at radius 3 is 2.73 bits per heavy atom. The Kier molecular flexibility index (Phi) is 2.16. The van der Waals surface area contributed by atoms with Crippen LogP contribution in [-0.4, -0.2) is 16.4 Å². The molecule has 0 bridgehead atoms. The number of rotatable bonds is 0. The second-order valence-electron chi connectivity index (χ2n) is 3.32. The largest absolute Gasteiger partial charge is 0.504 e. The van der Waals surface area contributed by atoms with E-state index >= 15 is 0 Å². The van der Waals surface area contributed by atoms with Crippen LogP contribution in [0.15, 0.2) is 28.9 Å². The molecule has 0 amide bonds. The maximum atomic E-state index is 9.61. The summed E-state index contributed by atoms with van der Waals surface area (Å²) in [5.74, 6) is -0.142. The van der Waals surface area contributed by atoms with Crippen LogP contribution in [0.2, 0.25) is 0 Å². The molecular weight excluding hydrogens is 258 g/mol. The van der Waals surface area contributed by atoms with Crippen molar-refractivity contribution in [1.29, 1.82) is 0 Å². The molecule has 15 heavy (non-hydrogen) atoms. The predicted octanol–water partition coefficient (Wildman–Crippen LogP) is 0.589. The number of hydrogen-bond donors (Lipinski definition) is 2. The van der Waals surface area contributed by atoms with Crippen LogP contribution < -0.4 is 10.4 Å². The summed E-state index contributed by atoms with van der Waals surface area (Å²) in [6.45, 7) is 0. The van der Waals surface area contributed by atoms with Gasteiger partial charge in [-0.05, 0) is 23.4 Å². The van der Waals surface area contributed by atoms with Crippen LogP contribution in [-0.2, 0) is 0 Å². The summed E-state index contributed by atoms with van der Waals surface area (Å²) in [5.41, 5.74) is 2.00. The lowest BCUT2D eigenvalue weighted by molar-refractivity contribution is 0.400. The molecule has 2 N–H and O–H groups in total. The summed E-state index contributed by atoms with van der Waals surface area (Å²) in [4.78, 5) is 4.02. The van der Waals surface area contributed by atoms with E-state index in [4.69, 9.17) is 0 Å². The number of nitrogens with zero attached hydrogens (tertiary/aromatic N) is 1. The maximum Gasteiger partial charge on any atom is 0.165 e. The summed E-state index contributed by atoms with van der Waals surface area (Å²) in [6, 6.07) is 3.28. The zero-order valence-corrected chi connectivity index (χ0v) is 9.35. The van der Waals surface area contributed by atoms with Gasteiger partial charge in [-0.2, -0.15) is 0 Å². The van der Waals surface area contributed by atoms with Gasteiger partial charge in [-0.15, -0.1) is 17.0 Å². The monoisotopic (exact) mass is 265 g/mol. The number of aliphatic imine (C=N–C) groups is 1. The molecule has 0 saturated heterocycles. The molecule has 0 atom stereocenters. The number of fused-ring (bicyclic) bond motifs is 2. The Balaban J connectivity index is 0.000000853. The van der Waals surface area contributed by atoms with Gasteiger partial charge in [-0.25, -0.2) is 0 Å². The van der Waals surface area contributed by atoms with Crippen LogP contribution in [0.3, 0.4) is 0 Å². The first-order chi connectivity index (χ1) is 6.77. The van der Waals surface area contributed by atoms with Crippen LogP contribution in [0.1, 0.15) is 0 Å². The summed E-state index contributed by atoms with van der Waals surface area (Å²) in [5, 5.41) is 20.5. The lowest BCUT2D eigenvalue weighted by Crippen LogP contribution is -2.22. The molecule has 76 valence electrons. The van der Waals surface area contributed by atoms with Gasteiger partial charge in [-0.3, -0.25) is 4.99 Å². The van der Waals surface area contributed by atoms with Gasteiger partial charge in [0.25, 0.3) is 0 Å². The average Bonchev–Trinajstić information content (AvgIpc) is 2.71. The van der Waals surface area contributed by atoms with Crippen LogP contribution in [0.5, 0.6) is 11.5 Å². The average molecular weight is 266 g/mol. The molecule has 0 fully saturated rings. The van der Waals surface area contributed by atoms with E-state index in [1.165, 1.54) is 6.07 Å². The van der Waals surface area contributed by atoms with E-state index in [0.717, 1.165) is 16.4 Å². The summed E-state index contributed by atoms with van der Waals surface area (Å²) >= 11 is 0. The van der Waals surface area contributed by atoms with Crippen LogP contribution in [0.4, 0.5) is 0 Å². The minimum atomic E-state index is -0.0851. The number of aromatic hydroxyl groups is 2. The molecule has 1 aromatic rings. The molecule has 1 heterocycles. The number of hydrogen-bond acceptors (Lipinski definition) is 3. The van der Waals surface area contributed by atoms with Crippen molar-refractivity contribution in [3.8, 4) is 11.5 Å². The Labute approximate surface area is 96.2 Å². The molecule has 3 rings (SSSR count). The number of halogens is 1. The molecule has 4 heteroatoms. The first-order valence-corrected chi connectivity index (χ1v) is 4.28. The molecule has 0 unspecified atom stereocenters.